The van der Waals surface area contributed by atoms with Crippen molar-refractivity contribution in [1.82, 2.24) is 25.4 Å². The molecule has 0 fully saturated rings. The number of hydrogen-bond acceptors (Lipinski definition) is 3. The van der Waals surface area contributed by atoms with Crippen molar-refractivity contribution in [3.05, 3.63) is 83.9 Å². The lowest BCUT2D eigenvalue weighted by molar-refractivity contribution is 0.689. The van der Waals surface area contributed by atoms with Crippen molar-refractivity contribution >= 4 is 5.96 Å². The molecule has 0 aliphatic carbocycles. The van der Waals surface area contributed by atoms with Crippen LogP contribution < -0.4 is 10.6 Å². The van der Waals surface area contributed by atoms with Gasteiger partial charge in [-0.3, -0.25) is 0 Å². The fourth-order valence-electron chi connectivity index (χ4n) is 3.15. The molecule has 0 spiro atoms. The molecule has 0 bridgehead atoms. The highest BCUT2D eigenvalue weighted by Crippen LogP contribution is 2.23. The molecule has 0 amide bonds. The van der Waals surface area contributed by atoms with Crippen molar-refractivity contribution in [3.63, 3.8) is 0 Å². The fourth-order valence-corrected chi connectivity index (χ4v) is 3.15. The van der Waals surface area contributed by atoms with E-state index in [0.29, 0.717) is 6.54 Å². The van der Waals surface area contributed by atoms with Gasteiger partial charge in [0.05, 0.1) is 0 Å². The summed E-state index contributed by atoms with van der Waals surface area (Å²) in [6.07, 6.45) is 1.74. The summed E-state index contributed by atoms with van der Waals surface area (Å²) < 4.78 is 2.00. The van der Waals surface area contributed by atoms with Gasteiger partial charge in [-0.05, 0) is 25.0 Å². The summed E-state index contributed by atoms with van der Waals surface area (Å²) in [7, 11) is 0. The lowest BCUT2D eigenvalue weighted by Gasteiger charge is -2.20. The molecule has 0 saturated heterocycles. The number of aliphatic imine (C=N–C) groups is 1. The Morgan fingerprint density at radius 2 is 1.61 bits per heavy atom. The predicted octanol–water partition coefficient (Wildman–Crippen LogP) is 3.19. The van der Waals surface area contributed by atoms with Crippen LogP contribution in [0.25, 0.3) is 0 Å². The summed E-state index contributed by atoms with van der Waals surface area (Å²) in [5.41, 5.74) is 2.56. The monoisotopic (exact) mass is 376 g/mol. The zero-order valence-electron chi connectivity index (χ0n) is 16.5. The zero-order valence-corrected chi connectivity index (χ0v) is 16.5. The second-order valence-electron chi connectivity index (χ2n) is 6.48. The molecule has 0 unspecified atom stereocenters. The summed E-state index contributed by atoms with van der Waals surface area (Å²) in [4.78, 5) is 4.69. The molecule has 2 N–H and O–H groups in total. The highest BCUT2D eigenvalue weighted by atomic mass is 15.3. The van der Waals surface area contributed by atoms with E-state index in [2.05, 4.69) is 83.2 Å². The van der Waals surface area contributed by atoms with Crippen LogP contribution in [0, 0.1) is 0 Å². The quantitative estimate of drug-likeness (QED) is 0.468. The Kier molecular flexibility index (Phi) is 7.18. The molecule has 28 heavy (non-hydrogen) atoms. The van der Waals surface area contributed by atoms with E-state index in [9.17, 15) is 0 Å². The molecule has 0 aliphatic rings. The fraction of sp³-hybridized carbons (Fsp3) is 0.318. The van der Waals surface area contributed by atoms with Gasteiger partial charge < -0.3 is 15.2 Å². The second kappa shape index (κ2) is 10.3. The van der Waals surface area contributed by atoms with Gasteiger partial charge in [-0.2, -0.15) is 0 Å². The van der Waals surface area contributed by atoms with Crippen LogP contribution in [-0.4, -0.2) is 33.8 Å². The molecule has 2 aromatic carbocycles. The predicted molar refractivity (Wildman–Crippen MR) is 113 cm³/mol. The summed E-state index contributed by atoms with van der Waals surface area (Å²) >= 11 is 0. The highest BCUT2D eigenvalue weighted by Gasteiger charge is 2.14. The Bertz CT molecular complexity index is 818. The molecule has 0 aliphatic heterocycles. The molecule has 146 valence electrons. The van der Waals surface area contributed by atoms with Crippen LogP contribution >= 0.6 is 0 Å². The zero-order chi connectivity index (χ0) is 19.6. The average Bonchev–Trinajstić information content (AvgIpc) is 3.21. The lowest BCUT2D eigenvalue weighted by Crippen LogP contribution is -2.39. The van der Waals surface area contributed by atoms with Gasteiger partial charge in [0, 0.05) is 25.6 Å². The van der Waals surface area contributed by atoms with Gasteiger partial charge in [-0.25, -0.2) is 4.99 Å². The van der Waals surface area contributed by atoms with Crippen LogP contribution in [-0.2, 0) is 13.1 Å². The van der Waals surface area contributed by atoms with Crippen LogP contribution in [0.4, 0.5) is 0 Å². The van der Waals surface area contributed by atoms with E-state index in [0.717, 1.165) is 31.4 Å². The lowest BCUT2D eigenvalue weighted by atomic mass is 9.91. The first kappa shape index (κ1) is 19.6. The summed E-state index contributed by atoms with van der Waals surface area (Å²) in [5, 5.41) is 15.0. The Morgan fingerprint density at radius 3 is 2.18 bits per heavy atom. The molecule has 0 radical (unpaired) electrons. The van der Waals surface area contributed by atoms with Crippen molar-refractivity contribution in [2.45, 2.75) is 32.9 Å². The number of aryl methyl sites for hydroxylation is 1. The minimum atomic E-state index is 0.241. The summed E-state index contributed by atoms with van der Waals surface area (Å²) in [6, 6.07) is 21.1. The van der Waals surface area contributed by atoms with E-state index >= 15 is 0 Å². The molecular formula is C22H28N6. The maximum atomic E-state index is 4.69. The first-order valence-electron chi connectivity index (χ1n) is 9.80. The number of guanidine groups is 1. The van der Waals surface area contributed by atoms with Gasteiger partial charge in [-0.1, -0.05) is 60.7 Å². The highest BCUT2D eigenvalue weighted by molar-refractivity contribution is 5.79. The number of nitrogens with one attached hydrogen (secondary N) is 2. The van der Waals surface area contributed by atoms with E-state index in [1.54, 1.807) is 6.33 Å². The van der Waals surface area contributed by atoms with Gasteiger partial charge in [0.1, 0.15) is 12.9 Å². The van der Waals surface area contributed by atoms with Crippen LogP contribution in [0.5, 0.6) is 0 Å². The van der Waals surface area contributed by atoms with Crippen LogP contribution in [0.3, 0.4) is 0 Å². The van der Waals surface area contributed by atoms with Gasteiger partial charge in [0.25, 0.3) is 0 Å². The SMILES string of the molecule is CCNC(=NCc1nncn1CC)NCC(c1ccccc1)c1ccccc1. The van der Waals surface area contributed by atoms with Crippen molar-refractivity contribution in [3.8, 4) is 0 Å². The number of benzene rings is 2. The summed E-state index contributed by atoms with van der Waals surface area (Å²) in [5.74, 6) is 1.89. The first-order chi connectivity index (χ1) is 13.8. The van der Waals surface area contributed by atoms with E-state index in [1.165, 1.54) is 11.1 Å². The third-order valence-corrected chi connectivity index (χ3v) is 4.64. The molecule has 6 nitrogen and oxygen atoms in total. The van der Waals surface area contributed by atoms with Crippen molar-refractivity contribution in [2.75, 3.05) is 13.1 Å². The van der Waals surface area contributed by atoms with E-state index in [4.69, 9.17) is 4.99 Å². The van der Waals surface area contributed by atoms with Crippen molar-refractivity contribution in [1.29, 1.82) is 0 Å². The van der Waals surface area contributed by atoms with Crippen molar-refractivity contribution < 1.29 is 0 Å². The van der Waals surface area contributed by atoms with Gasteiger partial charge in [0.15, 0.2) is 11.8 Å². The topological polar surface area (TPSA) is 67.1 Å². The Hall–Kier alpha value is -3.15. The maximum absolute atomic E-state index is 4.69. The smallest absolute Gasteiger partial charge is 0.191 e. The minimum absolute atomic E-state index is 0.241. The Balaban J connectivity index is 1.74. The normalized spacial score (nSPS) is 11.6. The number of nitrogens with zero attached hydrogens (tertiary/aromatic N) is 4. The van der Waals surface area contributed by atoms with Crippen LogP contribution in [0.15, 0.2) is 72.0 Å². The Morgan fingerprint density at radius 1 is 0.964 bits per heavy atom. The average molecular weight is 377 g/mol. The van der Waals surface area contributed by atoms with Gasteiger partial charge in [0.2, 0.25) is 0 Å². The first-order valence-corrected chi connectivity index (χ1v) is 9.80. The van der Waals surface area contributed by atoms with E-state index in [1.807, 2.05) is 16.7 Å². The molecule has 3 rings (SSSR count). The third kappa shape index (κ3) is 5.19. The number of rotatable bonds is 8. The van der Waals surface area contributed by atoms with E-state index in [-0.39, 0.29) is 5.92 Å². The molecule has 6 heteroatoms. The van der Waals surface area contributed by atoms with Crippen molar-refractivity contribution in [2.24, 2.45) is 4.99 Å². The minimum Gasteiger partial charge on any atom is -0.357 e. The number of hydrogen-bond donors (Lipinski definition) is 2. The standard InChI is InChI=1S/C22H28N6/c1-3-23-22(25-16-21-27-26-17-28(21)4-2)24-15-20(18-11-7-5-8-12-18)19-13-9-6-10-14-19/h5-14,17,20H,3-4,15-16H2,1-2H3,(H2,23,24,25). The number of aromatic nitrogens is 3. The van der Waals surface area contributed by atoms with Crippen LogP contribution in [0.1, 0.15) is 36.7 Å². The third-order valence-electron chi connectivity index (χ3n) is 4.64. The largest absolute Gasteiger partial charge is 0.357 e. The molecule has 0 atom stereocenters. The summed E-state index contributed by atoms with van der Waals surface area (Å²) in [6.45, 7) is 7.02. The van der Waals surface area contributed by atoms with Crippen LogP contribution in [0.2, 0.25) is 0 Å². The Labute approximate surface area is 166 Å². The molecule has 1 aromatic heterocycles. The van der Waals surface area contributed by atoms with E-state index < -0.39 is 0 Å². The molecule has 1 heterocycles. The second-order valence-corrected chi connectivity index (χ2v) is 6.48. The molecule has 0 saturated carbocycles. The van der Waals surface area contributed by atoms with Gasteiger partial charge >= 0.3 is 0 Å². The van der Waals surface area contributed by atoms with Gasteiger partial charge in [-0.15, -0.1) is 10.2 Å². The molecule has 3 aromatic rings. The maximum Gasteiger partial charge on any atom is 0.191 e. The molecular weight excluding hydrogens is 348 g/mol.